The second kappa shape index (κ2) is 6.06. The Morgan fingerprint density at radius 1 is 1.27 bits per heavy atom. The summed E-state index contributed by atoms with van der Waals surface area (Å²) in [5.41, 5.74) is -1.00. The van der Waals surface area contributed by atoms with Crippen LogP contribution in [0.2, 0.25) is 0 Å². The van der Waals surface area contributed by atoms with Gasteiger partial charge < -0.3 is 5.11 Å². The summed E-state index contributed by atoms with van der Waals surface area (Å²) < 4.78 is 0. The van der Waals surface area contributed by atoms with Crippen LogP contribution < -0.4 is 0 Å². The van der Waals surface area contributed by atoms with Crippen molar-refractivity contribution in [3.63, 3.8) is 0 Å². The van der Waals surface area contributed by atoms with Crippen LogP contribution in [0.5, 0.6) is 0 Å². The molecule has 2 heteroatoms. The van der Waals surface area contributed by atoms with Crippen molar-refractivity contribution < 1.29 is 9.90 Å². The normalized spacial score (nSPS) is 20.6. The van der Waals surface area contributed by atoms with E-state index in [0.29, 0.717) is 19.3 Å². The van der Waals surface area contributed by atoms with Gasteiger partial charge in [0.05, 0.1) is 0 Å². The minimum atomic E-state index is -1.00. The Hall–Kier alpha value is -0.630. The Morgan fingerprint density at radius 3 is 2.40 bits per heavy atom. The summed E-state index contributed by atoms with van der Waals surface area (Å²) in [4.78, 5) is 11.9. The zero-order valence-electron chi connectivity index (χ0n) is 9.50. The fourth-order valence-electron chi connectivity index (χ4n) is 2.23. The van der Waals surface area contributed by atoms with E-state index in [2.05, 4.69) is 6.58 Å². The molecule has 0 amide bonds. The number of hydrogen-bond acceptors (Lipinski definition) is 2. The lowest BCUT2D eigenvalue weighted by molar-refractivity contribution is -0.138. The SMILES string of the molecule is C=CCCCC(=O)C1(O)CCCCCC1. The van der Waals surface area contributed by atoms with E-state index in [-0.39, 0.29) is 5.78 Å². The number of Topliss-reactive ketones (excluding diaryl/α,β-unsaturated/α-hetero) is 1. The standard InChI is InChI=1S/C13H22O2/c1-2-3-6-9-12(14)13(15)10-7-4-5-8-11-13/h2,15H,1,3-11H2. The molecule has 1 saturated carbocycles. The Kier molecular flexibility index (Phi) is 5.03. The van der Waals surface area contributed by atoms with Crippen LogP contribution in [-0.4, -0.2) is 16.5 Å². The molecule has 0 unspecified atom stereocenters. The number of aliphatic hydroxyl groups is 1. The minimum absolute atomic E-state index is 0.0475. The predicted molar refractivity (Wildman–Crippen MR) is 61.7 cm³/mol. The lowest BCUT2D eigenvalue weighted by atomic mass is 9.87. The van der Waals surface area contributed by atoms with Gasteiger partial charge in [-0.25, -0.2) is 0 Å². The van der Waals surface area contributed by atoms with E-state index in [4.69, 9.17) is 0 Å². The van der Waals surface area contributed by atoms with Gasteiger partial charge in [0.2, 0.25) is 0 Å². The van der Waals surface area contributed by atoms with Gasteiger partial charge in [-0.2, -0.15) is 0 Å². The molecule has 1 rings (SSSR count). The first-order chi connectivity index (χ1) is 7.19. The molecule has 15 heavy (non-hydrogen) atoms. The molecule has 0 atom stereocenters. The molecule has 0 aromatic heterocycles. The van der Waals surface area contributed by atoms with Gasteiger partial charge >= 0.3 is 0 Å². The summed E-state index contributed by atoms with van der Waals surface area (Å²) in [6, 6.07) is 0. The third kappa shape index (κ3) is 3.78. The zero-order chi connectivity index (χ0) is 11.1. The van der Waals surface area contributed by atoms with Crippen molar-refractivity contribution in [3.8, 4) is 0 Å². The van der Waals surface area contributed by atoms with E-state index in [1.165, 1.54) is 0 Å². The molecule has 2 nitrogen and oxygen atoms in total. The molecule has 0 aromatic rings. The monoisotopic (exact) mass is 210 g/mol. The maximum atomic E-state index is 11.9. The molecule has 0 heterocycles. The number of ketones is 1. The van der Waals surface area contributed by atoms with Crippen LogP contribution in [0.25, 0.3) is 0 Å². The van der Waals surface area contributed by atoms with Gasteiger partial charge in [0, 0.05) is 6.42 Å². The molecule has 1 fully saturated rings. The molecule has 0 bridgehead atoms. The van der Waals surface area contributed by atoms with Crippen LogP contribution in [0, 0.1) is 0 Å². The lowest BCUT2D eigenvalue weighted by Gasteiger charge is -2.24. The molecular weight excluding hydrogens is 188 g/mol. The van der Waals surface area contributed by atoms with Gasteiger partial charge in [0.15, 0.2) is 5.78 Å². The summed E-state index contributed by atoms with van der Waals surface area (Å²) in [5, 5.41) is 10.2. The van der Waals surface area contributed by atoms with Crippen molar-refractivity contribution in [3.05, 3.63) is 12.7 Å². The molecule has 1 aliphatic carbocycles. The van der Waals surface area contributed by atoms with Crippen molar-refractivity contribution in [2.24, 2.45) is 0 Å². The molecule has 0 radical (unpaired) electrons. The maximum absolute atomic E-state index is 11.9. The summed E-state index contributed by atoms with van der Waals surface area (Å²) in [5.74, 6) is 0.0475. The van der Waals surface area contributed by atoms with Crippen LogP contribution in [-0.2, 0) is 4.79 Å². The molecule has 0 aliphatic heterocycles. The summed E-state index contributed by atoms with van der Waals surface area (Å²) >= 11 is 0. The highest BCUT2D eigenvalue weighted by Gasteiger charge is 2.34. The number of hydrogen-bond donors (Lipinski definition) is 1. The van der Waals surface area contributed by atoms with Gasteiger partial charge in [-0.15, -0.1) is 6.58 Å². The highest BCUT2D eigenvalue weighted by molar-refractivity contribution is 5.87. The van der Waals surface area contributed by atoms with Gasteiger partial charge in [0.1, 0.15) is 5.60 Å². The highest BCUT2D eigenvalue weighted by Crippen LogP contribution is 2.29. The topological polar surface area (TPSA) is 37.3 Å². The molecule has 1 N–H and O–H groups in total. The van der Waals surface area contributed by atoms with E-state index < -0.39 is 5.60 Å². The molecule has 1 aliphatic rings. The summed E-state index contributed by atoms with van der Waals surface area (Å²) in [6.07, 6.45) is 9.64. The van der Waals surface area contributed by atoms with E-state index in [0.717, 1.165) is 38.5 Å². The lowest BCUT2D eigenvalue weighted by Crippen LogP contribution is -2.37. The number of rotatable bonds is 5. The number of carbonyl (C=O) groups excluding carboxylic acids is 1. The Morgan fingerprint density at radius 2 is 1.87 bits per heavy atom. The van der Waals surface area contributed by atoms with Crippen LogP contribution in [0.15, 0.2) is 12.7 Å². The average Bonchev–Trinajstić information content (AvgIpc) is 2.44. The Labute approximate surface area is 92.4 Å². The number of carbonyl (C=O) groups is 1. The first-order valence-electron chi connectivity index (χ1n) is 6.05. The van der Waals surface area contributed by atoms with Crippen LogP contribution in [0.4, 0.5) is 0 Å². The molecule has 0 aromatic carbocycles. The van der Waals surface area contributed by atoms with Crippen molar-refractivity contribution in [2.75, 3.05) is 0 Å². The average molecular weight is 210 g/mol. The van der Waals surface area contributed by atoms with Crippen molar-refractivity contribution in [1.29, 1.82) is 0 Å². The molecule has 86 valence electrons. The highest BCUT2D eigenvalue weighted by atomic mass is 16.3. The van der Waals surface area contributed by atoms with Crippen molar-refractivity contribution in [1.82, 2.24) is 0 Å². The Balaban J connectivity index is 2.43. The van der Waals surface area contributed by atoms with E-state index in [9.17, 15) is 9.90 Å². The van der Waals surface area contributed by atoms with Gasteiger partial charge in [0.25, 0.3) is 0 Å². The fraction of sp³-hybridized carbons (Fsp3) is 0.769. The fourth-order valence-corrected chi connectivity index (χ4v) is 2.23. The summed E-state index contributed by atoms with van der Waals surface area (Å²) in [6.45, 7) is 3.63. The second-order valence-corrected chi connectivity index (χ2v) is 4.55. The van der Waals surface area contributed by atoms with E-state index in [1.807, 2.05) is 6.08 Å². The smallest absolute Gasteiger partial charge is 0.164 e. The third-order valence-electron chi connectivity index (χ3n) is 3.26. The first-order valence-corrected chi connectivity index (χ1v) is 6.05. The van der Waals surface area contributed by atoms with Crippen molar-refractivity contribution in [2.45, 2.75) is 63.4 Å². The second-order valence-electron chi connectivity index (χ2n) is 4.55. The van der Waals surface area contributed by atoms with Gasteiger partial charge in [-0.1, -0.05) is 31.8 Å². The van der Waals surface area contributed by atoms with Crippen molar-refractivity contribution >= 4 is 5.78 Å². The maximum Gasteiger partial charge on any atom is 0.164 e. The van der Waals surface area contributed by atoms with Crippen LogP contribution in [0.1, 0.15) is 57.8 Å². The third-order valence-corrected chi connectivity index (χ3v) is 3.26. The zero-order valence-corrected chi connectivity index (χ0v) is 9.50. The van der Waals surface area contributed by atoms with E-state index >= 15 is 0 Å². The molecular formula is C13H22O2. The number of allylic oxidation sites excluding steroid dienone is 1. The minimum Gasteiger partial charge on any atom is -0.382 e. The first kappa shape index (κ1) is 12.4. The molecule has 0 saturated heterocycles. The Bertz CT molecular complexity index is 213. The molecule has 0 spiro atoms. The largest absolute Gasteiger partial charge is 0.382 e. The van der Waals surface area contributed by atoms with Gasteiger partial charge in [-0.3, -0.25) is 4.79 Å². The van der Waals surface area contributed by atoms with E-state index in [1.54, 1.807) is 0 Å². The quantitative estimate of drug-likeness (QED) is 0.430. The van der Waals surface area contributed by atoms with Gasteiger partial charge in [-0.05, 0) is 25.7 Å². The number of unbranched alkanes of at least 4 members (excludes halogenated alkanes) is 1. The predicted octanol–water partition coefficient (Wildman–Crippen LogP) is 3.00. The van der Waals surface area contributed by atoms with Crippen LogP contribution in [0.3, 0.4) is 0 Å². The summed E-state index contributed by atoms with van der Waals surface area (Å²) in [7, 11) is 0. The van der Waals surface area contributed by atoms with Crippen LogP contribution >= 0.6 is 0 Å².